The van der Waals surface area contributed by atoms with Gasteiger partial charge in [0.05, 0.1) is 0 Å². The van der Waals surface area contributed by atoms with Crippen LogP contribution in [0.25, 0.3) is 0 Å². The van der Waals surface area contributed by atoms with Gasteiger partial charge in [-0.05, 0) is 26.2 Å². The summed E-state index contributed by atoms with van der Waals surface area (Å²) in [6.45, 7) is 3.68. The zero-order valence-electron chi connectivity index (χ0n) is 12.2. The van der Waals surface area contributed by atoms with E-state index in [2.05, 4.69) is 30.6 Å². The molecule has 6 N–H and O–H groups in total. The summed E-state index contributed by atoms with van der Waals surface area (Å²) in [5, 5.41) is 3.04. The Balaban J connectivity index is 2.14. The summed E-state index contributed by atoms with van der Waals surface area (Å²) in [7, 11) is 0. The van der Waals surface area contributed by atoms with Crippen molar-refractivity contribution in [1.82, 2.24) is 15.0 Å². The number of nitrogens with zero attached hydrogens (tertiary/aromatic N) is 4. The number of anilines is 3. The van der Waals surface area contributed by atoms with E-state index in [1.807, 2.05) is 6.92 Å². The highest BCUT2D eigenvalue weighted by Gasteiger charge is 2.17. The summed E-state index contributed by atoms with van der Waals surface area (Å²) in [4.78, 5) is 25.9. The fourth-order valence-corrected chi connectivity index (χ4v) is 2.30. The summed E-state index contributed by atoms with van der Waals surface area (Å²) < 4.78 is 0. The first-order valence-electron chi connectivity index (χ1n) is 7.11. The predicted octanol–water partition coefficient (Wildman–Crippen LogP) is -0.177. The Kier molecular flexibility index (Phi) is 5.09. The first kappa shape index (κ1) is 15.2. The van der Waals surface area contributed by atoms with Gasteiger partial charge in [0, 0.05) is 25.6 Å². The summed E-state index contributed by atoms with van der Waals surface area (Å²) in [5.74, 6) is 6.29. The SMILES string of the molecule is CC(CC(N)=O)Nc1nc(NN)nc(N2CCCCC2)n1. The molecule has 1 aliphatic rings. The number of nitrogens with one attached hydrogen (secondary N) is 2. The van der Waals surface area contributed by atoms with Gasteiger partial charge in [-0.2, -0.15) is 15.0 Å². The number of hydrazine groups is 1. The highest BCUT2D eigenvalue weighted by atomic mass is 16.1. The summed E-state index contributed by atoms with van der Waals surface area (Å²) >= 11 is 0. The first-order valence-corrected chi connectivity index (χ1v) is 7.11. The second-order valence-corrected chi connectivity index (χ2v) is 5.19. The quantitative estimate of drug-likeness (QED) is 0.419. The van der Waals surface area contributed by atoms with E-state index in [4.69, 9.17) is 11.6 Å². The molecule has 1 saturated heterocycles. The summed E-state index contributed by atoms with van der Waals surface area (Å²) in [5.41, 5.74) is 7.62. The second kappa shape index (κ2) is 7.02. The Morgan fingerprint density at radius 3 is 2.52 bits per heavy atom. The van der Waals surface area contributed by atoms with E-state index >= 15 is 0 Å². The van der Waals surface area contributed by atoms with Crippen LogP contribution in [-0.2, 0) is 4.79 Å². The molecule has 21 heavy (non-hydrogen) atoms. The number of nitrogen functional groups attached to an aromatic ring is 1. The largest absolute Gasteiger partial charge is 0.370 e. The van der Waals surface area contributed by atoms with E-state index in [-0.39, 0.29) is 18.4 Å². The molecule has 0 bridgehead atoms. The molecule has 9 nitrogen and oxygen atoms in total. The van der Waals surface area contributed by atoms with Crippen molar-refractivity contribution in [3.63, 3.8) is 0 Å². The van der Waals surface area contributed by atoms with Crippen LogP contribution in [0.5, 0.6) is 0 Å². The zero-order chi connectivity index (χ0) is 15.2. The van der Waals surface area contributed by atoms with Gasteiger partial charge in [0.2, 0.25) is 23.8 Å². The van der Waals surface area contributed by atoms with Crippen molar-refractivity contribution >= 4 is 23.8 Å². The summed E-state index contributed by atoms with van der Waals surface area (Å²) in [6.07, 6.45) is 3.68. The maximum atomic E-state index is 10.9. The van der Waals surface area contributed by atoms with Crippen molar-refractivity contribution in [2.75, 3.05) is 28.7 Å². The van der Waals surface area contributed by atoms with Gasteiger partial charge in [0.1, 0.15) is 0 Å². The van der Waals surface area contributed by atoms with E-state index in [0.29, 0.717) is 17.8 Å². The van der Waals surface area contributed by atoms with Crippen LogP contribution in [0.15, 0.2) is 0 Å². The van der Waals surface area contributed by atoms with Crippen molar-refractivity contribution in [3.8, 4) is 0 Å². The Hall–Kier alpha value is -2.16. The lowest BCUT2D eigenvalue weighted by atomic mass is 10.1. The van der Waals surface area contributed by atoms with Crippen molar-refractivity contribution < 1.29 is 4.79 Å². The lowest BCUT2D eigenvalue weighted by molar-refractivity contribution is -0.118. The van der Waals surface area contributed by atoms with Crippen molar-refractivity contribution in [2.24, 2.45) is 11.6 Å². The van der Waals surface area contributed by atoms with Crippen molar-refractivity contribution in [3.05, 3.63) is 0 Å². The molecule has 9 heteroatoms. The van der Waals surface area contributed by atoms with Gasteiger partial charge in [0.15, 0.2) is 0 Å². The van der Waals surface area contributed by atoms with E-state index in [9.17, 15) is 4.79 Å². The van der Waals surface area contributed by atoms with E-state index in [1.54, 1.807) is 0 Å². The Morgan fingerprint density at radius 1 is 1.24 bits per heavy atom. The van der Waals surface area contributed by atoms with Crippen molar-refractivity contribution in [2.45, 2.75) is 38.6 Å². The average Bonchev–Trinajstić information content (AvgIpc) is 2.46. The molecule has 2 rings (SSSR count). The molecule has 0 aromatic carbocycles. The third-order valence-electron chi connectivity index (χ3n) is 3.27. The lowest BCUT2D eigenvalue weighted by Gasteiger charge is -2.27. The molecule has 0 spiro atoms. The van der Waals surface area contributed by atoms with E-state index in [1.165, 1.54) is 6.42 Å². The molecule has 2 heterocycles. The number of hydrogen-bond acceptors (Lipinski definition) is 8. The maximum Gasteiger partial charge on any atom is 0.243 e. The van der Waals surface area contributed by atoms with Crippen LogP contribution in [-0.4, -0.2) is 40.0 Å². The molecule has 1 amide bonds. The minimum Gasteiger partial charge on any atom is -0.370 e. The standard InChI is InChI=1S/C12H22N8O/c1-8(7-9(13)21)15-10-16-11(19-14)18-12(17-10)20-5-3-2-4-6-20/h8H,2-7,14H2,1H3,(H2,13,21)(H2,15,16,17,18,19). The smallest absolute Gasteiger partial charge is 0.243 e. The van der Waals surface area contributed by atoms with Gasteiger partial charge in [-0.3, -0.25) is 10.2 Å². The highest BCUT2D eigenvalue weighted by Crippen LogP contribution is 2.18. The predicted molar refractivity (Wildman–Crippen MR) is 80.6 cm³/mol. The molecule has 0 aliphatic carbocycles. The van der Waals surface area contributed by atoms with Gasteiger partial charge < -0.3 is 16.0 Å². The summed E-state index contributed by atoms with van der Waals surface area (Å²) in [6, 6.07) is -0.162. The monoisotopic (exact) mass is 294 g/mol. The topological polar surface area (TPSA) is 135 Å². The molecule has 1 fully saturated rings. The molecule has 0 saturated carbocycles. The number of carbonyl (C=O) groups excluding carboxylic acids is 1. The molecule has 1 atom stereocenters. The fourth-order valence-electron chi connectivity index (χ4n) is 2.30. The van der Waals surface area contributed by atoms with Crippen LogP contribution in [0.1, 0.15) is 32.6 Å². The Morgan fingerprint density at radius 2 is 1.90 bits per heavy atom. The molecule has 0 radical (unpaired) electrons. The Labute approximate surface area is 123 Å². The normalized spacial score (nSPS) is 16.4. The zero-order valence-corrected chi connectivity index (χ0v) is 12.2. The Bertz CT molecular complexity index is 488. The van der Waals surface area contributed by atoms with Gasteiger partial charge in [0.25, 0.3) is 0 Å². The highest BCUT2D eigenvalue weighted by molar-refractivity contribution is 5.74. The maximum absolute atomic E-state index is 10.9. The van der Waals surface area contributed by atoms with Crippen molar-refractivity contribution in [1.29, 1.82) is 0 Å². The lowest BCUT2D eigenvalue weighted by Crippen LogP contribution is -2.32. The minimum atomic E-state index is -0.377. The molecule has 116 valence electrons. The fraction of sp³-hybridized carbons (Fsp3) is 0.667. The number of hydrogen-bond donors (Lipinski definition) is 4. The number of nitrogens with two attached hydrogens (primary N) is 2. The number of amides is 1. The number of carbonyl (C=O) groups is 1. The molecule has 1 unspecified atom stereocenters. The van der Waals surface area contributed by atoms with Gasteiger partial charge >= 0.3 is 0 Å². The van der Waals surface area contributed by atoms with Gasteiger partial charge in [-0.15, -0.1) is 0 Å². The number of rotatable bonds is 6. The first-order chi connectivity index (χ1) is 10.1. The van der Waals surface area contributed by atoms with E-state index in [0.717, 1.165) is 25.9 Å². The van der Waals surface area contributed by atoms with Crippen LogP contribution in [0.2, 0.25) is 0 Å². The third-order valence-corrected chi connectivity index (χ3v) is 3.27. The number of aromatic nitrogens is 3. The van der Waals surface area contributed by atoms with Crippen LogP contribution in [0.4, 0.5) is 17.8 Å². The molecule has 1 aromatic rings. The minimum absolute atomic E-state index is 0.162. The number of primary amides is 1. The van der Waals surface area contributed by atoms with Crippen LogP contribution >= 0.6 is 0 Å². The van der Waals surface area contributed by atoms with Crippen LogP contribution in [0.3, 0.4) is 0 Å². The molecular weight excluding hydrogens is 272 g/mol. The molecule has 1 aliphatic heterocycles. The van der Waals surface area contributed by atoms with Crippen LogP contribution in [0, 0.1) is 0 Å². The van der Waals surface area contributed by atoms with Crippen LogP contribution < -0.4 is 27.2 Å². The molecule has 1 aromatic heterocycles. The average molecular weight is 294 g/mol. The van der Waals surface area contributed by atoms with Gasteiger partial charge in [-0.25, -0.2) is 5.84 Å². The van der Waals surface area contributed by atoms with Gasteiger partial charge in [-0.1, -0.05) is 0 Å². The number of piperidine rings is 1. The third kappa shape index (κ3) is 4.42. The molecular formula is C12H22N8O. The van der Waals surface area contributed by atoms with E-state index < -0.39 is 0 Å². The second-order valence-electron chi connectivity index (χ2n) is 5.19.